The Bertz CT molecular complexity index is 1090. The average molecular weight is 415 g/mol. The summed E-state index contributed by atoms with van der Waals surface area (Å²) in [5, 5.41) is 3.77. The quantitative estimate of drug-likeness (QED) is 0.377. The average Bonchev–Trinajstić information content (AvgIpc) is 3.05. The van der Waals surface area contributed by atoms with E-state index in [4.69, 9.17) is 0 Å². The second-order valence-corrected chi connectivity index (χ2v) is 5.96. The van der Waals surface area contributed by atoms with Gasteiger partial charge in [-0.15, -0.1) is 11.6 Å². The van der Waals surface area contributed by atoms with Crippen LogP contribution in [0.25, 0.3) is 27.8 Å². The van der Waals surface area contributed by atoms with Crippen molar-refractivity contribution in [3.8, 4) is 0 Å². The van der Waals surface area contributed by atoms with Gasteiger partial charge in [-0.1, -0.05) is 60.5 Å². The number of para-hydroxylation sites is 1. The molecule has 4 aromatic rings. The standard InChI is InChI=1S/C22H14N.2ClH.Cr/c1-2-8-18-15(5-1)10-11-16-12-13-19(21(16)18)20-9-3-6-17-7-4-14-23-22(17)20;;;/h1-12,14,19H;2*1H;/q-1;;;+3/p-2. The number of benzene rings is 3. The molecule has 0 N–H and O–H groups in total. The summed E-state index contributed by atoms with van der Waals surface area (Å²) in [4.78, 5) is 4.62. The summed E-state index contributed by atoms with van der Waals surface area (Å²) in [6, 6.07) is 23.5. The smallest absolute Gasteiger partial charge is 1.00 e. The number of aromatic nitrogens is 1. The van der Waals surface area contributed by atoms with Crippen LogP contribution in [-0.2, 0) is 17.4 Å². The predicted molar refractivity (Wildman–Crippen MR) is 95.2 cm³/mol. The molecule has 1 unspecified atom stereocenters. The van der Waals surface area contributed by atoms with E-state index in [9.17, 15) is 0 Å². The number of allylic oxidation sites excluding steroid dienone is 1. The van der Waals surface area contributed by atoms with E-state index in [0.29, 0.717) is 0 Å². The molecule has 26 heavy (non-hydrogen) atoms. The summed E-state index contributed by atoms with van der Waals surface area (Å²) in [5.41, 5.74) is 4.92. The minimum Gasteiger partial charge on any atom is -1.00 e. The molecule has 1 aliphatic carbocycles. The van der Waals surface area contributed by atoms with Gasteiger partial charge in [-0.25, -0.2) is 6.08 Å². The molecule has 1 nitrogen and oxygen atoms in total. The maximum atomic E-state index is 4.62. The van der Waals surface area contributed by atoms with E-state index in [1.807, 2.05) is 12.3 Å². The summed E-state index contributed by atoms with van der Waals surface area (Å²) in [5.74, 6) is 0.148. The van der Waals surface area contributed by atoms with E-state index in [0.717, 1.165) is 5.52 Å². The molecular weight excluding hydrogens is 401 g/mol. The van der Waals surface area contributed by atoms with E-state index in [1.54, 1.807) is 0 Å². The Labute approximate surface area is 176 Å². The normalized spacial score (nSPS) is 14.2. The molecule has 0 amide bonds. The van der Waals surface area contributed by atoms with Crippen LogP contribution in [0.4, 0.5) is 0 Å². The van der Waals surface area contributed by atoms with Crippen LogP contribution in [0.3, 0.4) is 0 Å². The molecule has 1 radical (unpaired) electrons. The van der Waals surface area contributed by atoms with Crippen molar-refractivity contribution in [1.29, 1.82) is 0 Å². The molecule has 3 aromatic carbocycles. The minimum atomic E-state index is 0. The number of halogens is 2. The van der Waals surface area contributed by atoms with E-state index in [1.165, 1.54) is 32.8 Å². The molecule has 4 heteroatoms. The Hall–Kier alpha value is -1.82. The zero-order valence-corrected chi connectivity index (χ0v) is 16.5. The summed E-state index contributed by atoms with van der Waals surface area (Å²) in [6.07, 6.45) is 7.55. The maximum absolute atomic E-state index is 4.62. The van der Waals surface area contributed by atoms with Gasteiger partial charge in [0, 0.05) is 11.6 Å². The molecule has 1 aliphatic rings. The fourth-order valence-corrected chi connectivity index (χ4v) is 3.62. The Morgan fingerprint density at radius 1 is 0.769 bits per heavy atom. The summed E-state index contributed by atoms with van der Waals surface area (Å²) in [6.45, 7) is 0. The van der Waals surface area contributed by atoms with E-state index in [2.05, 4.69) is 77.8 Å². The Morgan fingerprint density at radius 3 is 2.42 bits per heavy atom. The molecule has 0 saturated carbocycles. The number of hydrogen-bond acceptors (Lipinski definition) is 1. The molecule has 1 heterocycles. The molecule has 0 bridgehead atoms. The van der Waals surface area contributed by atoms with Crippen molar-refractivity contribution in [2.75, 3.05) is 0 Å². The van der Waals surface area contributed by atoms with Crippen LogP contribution in [0.5, 0.6) is 0 Å². The third-order valence-electron chi connectivity index (χ3n) is 4.67. The van der Waals surface area contributed by atoms with Crippen LogP contribution in [0.1, 0.15) is 22.6 Å². The Morgan fingerprint density at radius 2 is 1.54 bits per heavy atom. The summed E-state index contributed by atoms with van der Waals surface area (Å²) in [7, 11) is 0. The van der Waals surface area contributed by atoms with Gasteiger partial charge in [0.1, 0.15) is 0 Å². The Kier molecular flexibility index (Phi) is 6.50. The number of pyridine rings is 1. The van der Waals surface area contributed by atoms with Crippen molar-refractivity contribution in [1.82, 2.24) is 4.98 Å². The summed E-state index contributed by atoms with van der Waals surface area (Å²) >= 11 is 0. The van der Waals surface area contributed by atoms with Crippen molar-refractivity contribution in [3.05, 3.63) is 95.7 Å². The van der Waals surface area contributed by atoms with Crippen molar-refractivity contribution in [3.63, 3.8) is 0 Å². The fourth-order valence-electron chi connectivity index (χ4n) is 3.62. The summed E-state index contributed by atoms with van der Waals surface area (Å²) < 4.78 is 0. The fraction of sp³-hybridized carbons (Fsp3) is 0.0455. The van der Waals surface area contributed by atoms with E-state index in [-0.39, 0.29) is 48.1 Å². The zero-order valence-electron chi connectivity index (χ0n) is 13.7. The molecule has 1 atom stereocenters. The van der Waals surface area contributed by atoms with Crippen molar-refractivity contribution >= 4 is 27.8 Å². The van der Waals surface area contributed by atoms with Gasteiger partial charge in [-0.3, -0.25) is 11.1 Å². The van der Waals surface area contributed by atoms with Crippen LogP contribution >= 0.6 is 0 Å². The zero-order chi connectivity index (χ0) is 15.2. The van der Waals surface area contributed by atoms with Gasteiger partial charge in [-0.05, 0) is 22.4 Å². The molecular formula is C22H14Cl2CrN. The van der Waals surface area contributed by atoms with Crippen molar-refractivity contribution < 1.29 is 42.2 Å². The first-order valence-electron chi connectivity index (χ1n) is 7.86. The van der Waals surface area contributed by atoms with Gasteiger partial charge in [0.15, 0.2) is 0 Å². The van der Waals surface area contributed by atoms with Crippen molar-refractivity contribution in [2.24, 2.45) is 0 Å². The maximum Gasteiger partial charge on any atom is 3.00 e. The SMILES string of the molecule is [C-]1=Cc2ccc3ccccc3c2C1c1cccc2cccnc12.[Cl-].[Cl-].[Cr+3]. The second-order valence-electron chi connectivity index (χ2n) is 5.96. The van der Waals surface area contributed by atoms with Gasteiger partial charge >= 0.3 is 17.4 Å². The molecule has 0 saturated heterocycles. The van der Waals surface area contributed by atoms with Gasteiger partial charge in [0.05, 0.1) is 5.52 Å². The molecule has 127 valence electrons. The number of fused-ring (bicyclic) bond motifs is 4. The first-order valence-corrected chi connectivity index (χ1v) is 7.86. The number of hydrogen-bond donors (Lipinski definition) is 0. The molecule has 0 fully saturated rings. The van der Waals surface area contributed by atoms with E-state index < -0.39 is 0 Å². The largest absolute Gasteiger partial charge is 3.00 e. The first kappa shape index (κ1) is 20.5. The van der Waals surface area contributed by atoms with Gasteiger partial charge in [0.2, 0.25) is 0 Å². The number of rotatable bonds is 1. The molecule has 1 aromatic heterocycles. The topological polar surface area (TPSA) is 12.9 Å². The first-order chi connectivity index (χ1) is 11.4. The molecule has 0 aliphatic heterocycles. The van der Waals surface area contributed by atoms with Gasteiger partial charge in [0.25, 0.3) is 0 Å². The van der Waals surface area contributed by atoms with Gasteiger partial charge in [-0.2, -0.15) is 5.56 Å². The number of nitrogens with zero attached hydrogens (tertiary/aromatic N) is 1. The molecule has 5 rings (SSSR count). The van der Waals surface area contributed by atoms with Crippen LogP contribution in [0, 0.1) is 6.08 Å². The van der Waals surface area contributed by atoms with Crippen LogP contribution < -0.4 is 24.8 Å². The predicted octanol–water partition coefficient (Wildman–Crippen LogP) is -0.645. The van der Waals surface area contributed by atoms with Crippen LogP contribution in [0.2, 0.25) is 0 Å². The Balaban J connectivity index is 0.000000810. The molecule has 0 spiro atoms. The van der Waals surface area contributed by atoms with Gasteiger partial charge < -0.3 is 24.8 Å². The van der Waals surface area contributed by atoms with Crippen LogP contribution in [0.15, 0.2) is 72.9 Å². The minimum absolute atomic E-state index is 0. The second kappa shape index (κ2) is 8.25. The monoisotopic (exact) mass is 414 g/mol. The third kappa shape index (κ3) is 3.15. The third-order valence-corrected chi connectivity index (χ3v) is 4.67. The van der Waals surface area contributed by atoms with E-state index >= 15 is 0 Å². The van der Waals surface area contributed by atoms with Crippen LogP contribution in [-0.4, -0.2) is 4.98 Å². The van der Waals surface area contributed by atoms with Crippen molar-refractivity contribution in [2.45, 2.75) is 5.92 Å².